The minimum absolute atomic E-state index is 0.0594. The van der Waals surface area contributed by atoms with E-state index >= 15 is 0 Å². The lowest BCUT2D eigenvalue weighted by molar-refractivity contribution is 0.578. The summed E-state index contributed by atoms with van der Waals surface area (Å²) in [4.78, 5) is 0. The Kier molecular flexibility index (Phi) is 3.95. The Morgan fingerprint density at radius 1 is 0.900 bits per heavy atom. The van der Waals surface area contributed by atoms with Crippen LogP contribution in [0.5, 0.6) is 0 Å². The van der Waals surface area contributed by atoms with E-state index in [4.69, 9.17) is 5.26 Å². The van der Waals surface area contributed by atoms with E-state index in [0.717, 1.165) is 18.2 Å². The highest BCUT2D eigenvalue weighted by atomic mass is 79.9. The highest BCUT2D eigenvalue weighted by Gasteiger charge is 2.15. The van der Waals surface area contributed by atoms with Gasteiger partial charge in [-0.1, -0.05) is 0 Å². The average Bonchev–Trinajstić information content (AvgIpc) is 2.39. The van der Waals surface area contributed by atoms with Crippen molar-refractivity contribution in [1.29, 1.82) is 5.26 Å². The summed E-state index contributed by atoms with van der Waals surface area (Å²) < 4.78 is 53.8. The Labute approximate surface area is 119 Å². The number of nitrogens with one attached hydrogen (secondary N) is 1. The zero-order valence-electron chi connectivity index (χ0n) is 9.65. The van der Waals surface area contributed by atoms with E-state index in [1.165, 1.54) is 0 Å². The smallest absolute Gasteiger partial charge is 0.150 e. The molecule has 2 aromatic carbocycles. The average molecular weight is 345 g/mol. The third-order valence-electron chi connectivity index (χ3n) is 2.44. The summed E-state index contributed by atoms with van der Waals surface area (Å²) in [6, 6.07) is 4.79. The molecule has 102 valence electrons. The van der Waals surface area contributed by atoms with Crippen LogP contribution in [0, 0.1) is 34.6 Å². The lowest BCUT2D eigenvalue weighted by Crippen LogP contribution is -2.01. The molecule has 20 heavy (non-hydrogen) atoms. The van der Waals surface area contributed by atoms with Crippen LogP contribution in [0.1, 0.15) is 5.56 Å². The molecule has 0 amide bonds. The number of hydrogen-bond acceptors (Lipinski definition) is 2. The zero-order chi connectivity index (χ0) is 14.9. The van der Waals surface area contributed by atoms with Gasteiger partial charge in [-0.25, -0.2) is 17.6 Å². The van der Waals surface area contributed by atoms with Crippen molar-refractivity contribution < 1.29 is 17.6 Å². The van der Waals surface area contributed by atoms with Crippen molar-refractivity contribution in [2.75, 3.05) is 5.32 Å². The second-order valence-corrected chi connectivity index (χ2v) is 4.65. The molecule has 0 bridgehead atoms. The first-order valence-electron chi connectivity index (χ1n) is 5.23. The molecule has 2 nitrogen and oxygen atoms in total. The maximum absolute atomic E-state index is 13.6. The number of nitriles is 1. The molecule has 2 rings (SSSR count). The minimum Gasteiger partial charge on any atom is -0.348 e. The summed E-state index contributed by atoms with van der Waals surface area (Å²) in [5.74, 6) is -3.95. The first-order valence-corrected chi connectivity index (χ1v) is 6.02. The van der Waals surface area contributed by atoms with Gasteiger partial charge in [0.1, 0.15) is 17.3 Å². The van der Waals surface area contributed by atoms with Crippen LogP contribution in [0.25, 0.3) is 0 Å². The van der Waals surface area contributed by atoms with E-state index in [-0.39, 0.29) is 15.7 Å². The Balaban J connectivity index is 2.46. The molecule has 1 N–H and O–H groups in total. The highest BCUT2D eigenvalue weighted by Crippen LogP contribution is 2.29. The van der Waals surface area contributed by atoms with Crippen molar-refractivity contribution in [3.05, 3.63) is 57.6 Å². The van der Waals surface area contributed by atoms with Gasteiger partial charge in [0, 0.05) is 6.07 Å². The predicted octanol–water partition coefficient (Wildman–Crippen LogP) is 4.62. The van der Waals surface area contributed by atoms with E-state index in [0.29, 0.717) is 6.07 Å². The first kappa shape index (κ1) is 14.3. The van der Waals surface area contributed by atoms with Gasteiger partial charge in [-0.15, -0.1) is 0 Å². The molecule has 0 saturated heterocycles. The molecule has 0 spiro atoms. The standard InChI is InChI=1S/C13H5BrF4N2/c14-7-3-12(9(16)4-8(7)15)20-13-10(17)1-6(5-19)2-11(13)18/h1-4,20H. The van der Waals surface area contributed by atoms with E-state index in [2.05, 4.69) is 21.2 Å². The van der Waals surface area contributed by atoms with Crippen molar-refractivity contribution in [1.82, 2.24) is 0 Å². The van der Waals surface area contributed by atoms with Crippen molar-refractivity contribution in [3.63, 3.8) is 0 Å². The van der Waals surface area contributed by atoms with Crippen molar-refractivity contribution in [2.24, 2.45) is 0 Å². The van der Waals surface area contributed by atoms with Gasteiger partial charge < -0.3 is 5.32 Å². The maximum Gasteiger partial charge on any atom is 0.150 e. The fraction of sp³-hybridized carbons (Fsp3) is 0. The largest absolute Gasteiger partial charge is 0.348 e. The SMILES string of the molecule is N#Cc1cc(F)c(Nc2cc(Br)c(F)cc2F)c(F)c1. The number of hydrogen-bond donors (Lipinski definition) is 1. The third kappa shape index (κ3) is 2.75. The molecule has 0 atom stereocenters. The molecule has 0 saturated carbocycles. The van der Waals surface area contributed by atoms with Crippen LogP contribution < -0.4 is 5.32 Å². The van der Waals surface area contributed by atoms with Gasteiger partial charge in [-0.3, -0.25) is 0 Å². The summed E-state index contributed by atoms with van der Waals surface area (Å²) in [6.45, 7) is 0. The topological polar surface area (TPSA) is 35.8 Å². The molecular weight excluding hydrogens is 340 g/mol. The van der Waals surface area contributed by atoms with Gasteiger partial charge in [-0.05, 0) is 34.1 Å². The second kappa shape index (κ2) is 5.51. The third-order valence-corrected chi connectivity index (χ3v) is 3.05. The normalized spacial score (nSPS) is 10.2. The fourth-order valence-corrected chi connectivity index (χ4v) is 1.85. The zero-order valence-corrected chi connectivity index (χ0v) is 11.2. The second-order valence-electron chi connectivity index (χ2n) is 3.80. The molecule has 0 aromatic heterocycles. The number of rotatable bonds is 2. The molecule has 0 aliphatic heterocycles. The lowest BCUT2D eigenvalue weighted by atomic mass is 10.2. The summed E-state index contributed by atoms with van der Waals surface area (Å²) in [7, 11) is 0. The van der Waals surface area contributed by atoms with Crippen molar-refractivity contribution in [2.45, 2.75) is 0 Å². The van der Waals surface area contributed by atoms with Gasteiger partial charge in [0.05, 0.1) is 21.8 Å². The first-order chi connectivity index (χ1) is 9.42. The molecule has 0 fully saturated rings. The van der Waals surface area contributed by atoms with Crippen LogP contribution in [0.15, 0.2) is 28.7 Å². The summed E-state index contributed by atoms with van der Waals surface area (Å²) >= 11 is 2.84. The molecule has 0 unspecified atom stereocenters. The van der Waals surface area contributed by atoms with Crippen LogP contribution in [0.4, 0.5) is 28.9 Å². The van der Waals surface area contributed by atoms with Crippen molar-refractivity contribution >= 4 is 27.3 Å². The van der Waals surface area contributed by atoms with Gasteiger partial charge in [-0.2, -0.15) is 5.26 Å². The molecule has 0 radical (unpaired) electrons. The van der Waals surface area contributed by atoms with Crippen LogP contribution in [-0.4, -0.2) is 0 Å². The van der Waals surface area contributed by atoms with Crippen LogP contribution in [-0.2, 0) is 0 Å². The number of benzene rings is 2. The Hall–Kier alpha value is -2.07. The molecule has 0 heterocycles. The highest BCUT2D eigenvalue weighted by molar-refractivity contribution is 9.10. The molecule has 0 aliphatic carbocycles. The predicted molar refractivity (Wildman–Crippen MR) is 68.4 cm³/mol. The fourth-order valence-electron chi connectivity index (χ4n) is 1.51. The van der Waals surface area contributed by atoms with Gasteiger partial charge in [0.25, 0.3) is 0 Å². The molecular formula is C13H5BrF4N2. The molecule has 2 aromatic rings. The number of halogens is 5. The quantitative estimate of drug-likeness (QED) is 0.637. The number of nitrogens with zero attached hydrogens (tertiary/aromatic N) is 1. The maximum atomic E-state index is 13.6. The number of anilines is 2. The van der Waals surface area contributed by atoms with E-state index < -0.39 is 29.0 Å². The van der Waals surface area contributed by atoms with Crippen LogP contribution >= 0.6 is 15.9 Å². The Morgan fingerprint density at radius 3 is 2.05 bits per heavy atom. The van der Waals surface area contributed by atoms with Gasteiger partial charge in [0.2, 0.25) is 0 Å². The van der Waals surface area contributed by atoms with Gasteiger partial charge in [0.15, 0.2) is 11.6 Å². The van der Waals surface area contributed by atoms with E-state index in [1.807, 2.05) is 0 Å². The lowest BCUT2D eigenvalue weighted by Gasteiger charge is -2.10. The summed E-state index contributed by atoms with van der Waals surface area (Å²) in [5, 5.41) is 10.8. The van der Waals surface area contributed by atoms with E-state index in [1.54, 1.807) is 6.07 Å². The summed E-state index contributed by atoms with van der Waals surface area (Å²) in [5.41, 5.74) is -1.13. The van der Waals surface area contributed by atoms with E-state index in [9.17, 15) is 17.6 Å². The summed E-state index contributed by atoms with van der Waals surface area (Å²) in [6.07, 6.45) is 0. The van der Waals surface area contributed by atoms with Crippen LogP contribution in [0.2, 0.25) is 0 Å². The molecule has 0 aliphatic rings. The van der Waals surface area contributed by atoms with Crippen molar-refractivity contribution in [3.8, 4) is 6.07 Å². The Morgan fingerprint density at radius 2 is 1.50 bits per heavy atom. The van der Waals surface area contributed by atoms with Crippen LogP contribution in [0.3, 0.4) is 0 Å². The van der Waals surface area contributed by atoms with Gasteiger partial charge >= 0.3 is 0 Å². The monoisotopic (exact) mass is 344 g/mol. The molecule has 7 heteroatoms. The minimum atomic E-state index is -1.05. The Bertz CT molecular complexity index is 702.